The molecule has 5 nitrogen and oxygen atoms in total. The number of carbonyl (C=O) groups is 3. The minimum Gasteiger partial charge on any atom is -0.342 e. The highest BCUT2D eigenvalue weighted by atomic mass is 16.2. The summed E-state index contributed by atoms with van der Waals surface area (Å²) in [6.07, 6.45) is 5.19. The van der Waals surface area contributed by atoms with E-state index in [4.69, 9.17) is 0 Å². The molecule has 3 rings (SSSR count). The summed E-state index contributed by atoms with van der Waals surface area (Å²) < 4.78 is 0. The van der Waals surface area contributed by atoms with E-state index in [0.29, 0.717) is 30.7 Å². The van der Waals surface area contributed by atoms with E-state index in [-0.39, 0.29) is 23.7 Å². The van der Waals surface area contributed by atoms with E-state index in [0.717, 1.165) is 45.2 Å². The molecule has 1 saturated carbocycles. The van der Waals surface area contributed by atoms with Crippen LogP contribution in [0.25, 0.3) is 0 Å². The maximum atomic E-state index is 12.6. The second-order valence-electron chi connectivity index (χ2n) is 7.84. The van der Waals surface area contributed by atoms with Gasteiger partial charge in [-0.1, -0.05) is 13.8 Å². The van der Waals surface area contributed by atoms with Gasteiger partial charge in [0.15, 0.2) is 0 Å². The summed E-state index contributed by atoms with van der Waals surface area (Å²) in [6.45, 7) is 6.41. The highest BCUT2D eigenvalue weighted by molar-refractivity contribution is 6.03. The van der Waals surface area contributed by atoms with Crippen molar-refractivity contribution in [3.8, 4) is 0 Å². The molecule has 23 heavy (non-hydrogen) atoms. The molecule has 5 heteroatoms. The average molecular weight is 320 g/mol. The third kappa shape index (κ3) is 3.43. The lowest BCUT2D eigenvalue weighted by Gasteiger charge is -2.32. The number of likely N-dealkylation sites (tertiary alicyclic amines) is 2. The Morgan fingerprint density at radius 3 is 2.30 bits per heavy atom. The quantitative estimate of drug-likeness (QED) is 0.748. The van der Waals surface area contributed by atoms with Gasteiger partial charge in [-0.3, -0.25) is 19.3 Å². The number of hydrogen-bond donors (Lipinski definition) is 0. The van der Waals surface area contributed by atoms with Crippen molar-refractivity contribution in [3.63, 3.8) is 0 Å². The molecule has 3 aliphatic rings. The predicted octanol–water partition coefficient (Wildman–Crippen LogP) is 2.06. The smallest absolute Gasteiger partial charge is 0.232 e. The van der Waals surface area contributed by atoms with Crippen molar-refractivity contribution in [2.24, 2.45) is 23.7 Å². The van der Waals surface area contributed by atoms with Crippen LogP contribution in [0.15, 0.2) is 0 Å². The molecule has 0 aromatic carbocycles. The number of rotatable bonds is 3. The zero-order valence-corrected chi connectivity index (χ0v) is 14.3. The number of amides is 3. The van der Waals surface area contributed by atoms with Crippen LogP contribution in [0.5, 0.6) is 0 Å². The largest absolute Gasteiger partial charge is 0.342 e. The SMILES string of the molecule is CC1CCN(C(=O)C2CCC(CN3C(=O)CC(C)C3=O)CC2)C1. The molecule has 2 unspecified atom stereocenters. The highest BCUT2D eigenvalue weighted by Gasteiger charge is 2.38. The summed E-state index contributed by atoms with van der Waals surface area (Å²) in [5.41, 5.74) is 0. The molecule has 2 atom stereocenters. The second-order valence-corrected chi connectivity index (χ2v) is 7.84. The van der Waals surface area contributed by atoms with E-state index in [9.17, 15) is 14.4 Å². The summed E-state index contributed by atoms with van der Waals surface area (Å²) >= 11 is 0. The molecule has 0 bridgehead atoms. The van der Waals surface area contributed by atoms with Gasteiger partial charge >= 0.3 is 0 Å². The predicted molar refractivity (Wildman–Crippen MR) is 86.3 cm³/mol. The van der Waals surface area contributed by atoms with Crippen molar-refractivity contribution in [3.05, 3.63) is 0 Å². The molecule has 2 saturated heterocycles. The van der Waals surface area contributed by atoms with E-state index in [1.807, 2.05) is 11.8 Å². The van der Waals surface area contributed by atoms with E-state index in [1.54, 1.807) is 0 Å². The molecule has 0 aromatic rings. The van der Waals surface area contributed by atoms with Crippen molar-refractivity contribution in [1.29, 1.82) is 0 Å². The molecule has 1 aliphatic carbocycles. The van der Waals surface area contributed by atoms with Gasteiger partial charge in [0.05, 0.1) is 0 Å². The van der Waals surface area contributed by atoms with Crippen LogP contribution in [0.3, 0.4) is 0 Å². The third-order valence-corrected chi connectivity index (χ3v) is 5.84. The first-order chi connectivity index (χ1) is 11.0. The summed E-state index contributed by atoms with van der Waals surface area (Å²) in [4.78, 5) is 39.9. The minimum atomic E-state index is -0.155. The first-order valence-corrected chi connectivity index (χ1v) is 9.08. The van der Waals surface area contributed by atoms with Crippen molar-refractivity contribution in [2.75, 3.05) is 19.6 Å². The zero-order valence-electron chi connectivity index (χ0n) is 14.3. The molecule has 0 aromatic heterocycles. The maximum Gasteiger partial charge on any atom is 0.232 e. The molecule has 128 valence electrons. The molecule has 2 aliphatic heterocycles. The van der Waals surface area contributed by atoms with Crippen LogP contribution in [0.4, 0.5) is 0 Å². The van der Waals surface area contributed by atoms with Gasteiger partial charge in [0, 0.05) is 37.9 Å². The maximum absolute atomic E-state index is 12.6. The number of carbonyl (C=O) groups excluding carboxylic acids is 3. The molecule has 0 spiro atoms. The molecular weight excluding hydrogens is 292 g/mol. The van der Waals surface area contributed by atoms with Crippen LogP contribution in [0.1, 0.15) is 52.4 Å². The van der Waals surface area contributed by atoms with Crippen molar-refractivity contribution in [2.45, 2.75) is 52.4 Å². The Morgan fingerprint density at radius 1 is 1.09 bits per heavy atom. The van der Waals surface area contributed by atoms with E-state index in [1.165, 1.54) is 4.90 Å². The van der Waals surface area contributed by atoms with Crippen LogP contribution in [0.2, 0.25) is 0 Å². The lowest BCUT2D eigenvalue weighted by atomic mass is 9.81. The highest BCUT2D eigenvalue weighted by Crippen LogP contribution is 2.33. The first-order valence-electron chi connectivity index (χ1n) is 9.08. The molecule has 0 radical (unpaired) electrons. The topological polar surface area (TPSA) is 57.7 Å². The normalized spacial score (nSPS) is 35.2. The van der Waals surface area contributed by atoms with Gasteiger partial charge in [-0.05, 0) is 43.9 Å². The van der Waals surface area contributed by atoms with Crippen molar-refractivity contribution < 1.29 is 14.4 Å². The van der Waals surface area contributed by atoms with Gasteiger partial charge in [-0.25, -0.2) is 0 Å². The molecule has 0 N–H and O–H groups in total. The van der Waals surface area contributed by atoms with Gasteiger partial charge in [0.25, 0.3) is 0 Å². The summed E-state index contributed by atoms with van der Waals surface area (Å²) in [5.74, 6) is 1.29. The summed E-state index contributed by atoms with van der Waals surface area (Å²) in [6, 6.07) is 0. The fraction of sp³-hybridized carbons (Fsp3) is 0.833. The second kappa shape index (κ2) is 6.62. The van der Waals surface area contributed by atoms with Gasteiger partial charge < -0.3 is 4.90 Å². The fourth-order valence-electron chi connectivity index (χ4n) is 4.28. The lowest BCUT2D eigenvalue weighted by molar-refractivity contribution is -0.141. The number of nitrogens with zero attached hydrogens (tertiary/aromatic N) is 2. The Balaban J connectivity index is 1.48. The molecule has 3 fully saturated rings. The molecular formula is C18H28N2O3. The van der Waals surface area contributed by atoms with Crippen LogP contribution in [-0.4, -0.2) is 47.2 Å². The summed E-state index contributed by atoms with van der Waals surface area (Å²) in [7, 11) is 0. The van der Waals surface area contributed by atoms with Crippen LogP contribution in [-0.2, 0) is 14.4 Å². The Morgan fingerprint density at radius 2 is 1.78 bits per heavy atom. The van der Waals surface area contributed by atoms with Crippen LogP contribution in [0, 0.1) is 23.7 Å². The van der Waals surface area contributed by atoms with Gasteiger partial charge in [0.2, 0.25) is 17.7 Å². The Bertz CT molecular complexity index is 496. The monoisotopic (exact) mass is 320 g/mol. The molecule has 2 heterocycles. The van der Waals surface area contributed by atoms with Crippen LogP contribution < -0.4 is 0 Å². The minimum absolute atomic E-state index is 0.0146. The lowest BCUT2D eigenvalue weighted by Crippen LogP contribution is -2.39. The van der Waals surface area contributed by atoms with Crippen molar-refractivity contribution in [1.82, 2.24) is 9.80 Å². The van der Waals surface area contributed by atoms with Crippen molar-refractivity contribution >= 4 is 17.7 Å². The number of imide groups is 1. The standard InChI is InChI=1S/C18H28N2O3/c1-12-7-8-19(10-12)18(23)15-5-3-14(4-6-15)11-20-16(21)9-13(2)17(20)22/h12-15H,3-11H2,1-2H3. The third-order valence-electron chi connectivity index (χ3n) is 5.84. The molecule has 3 amide bonds. The van der Waals surface area contributed by atoms with Crippen LogP contribution >= 0.6 is 0 Å². The first kappa shape index (κ1) is 16.5. The Hall–Kier alpha value is -1.39. The Kier molecular flexibility index (Phi) is 4.74. The van der Waals surface area contributed by atoms with Gasteiger partial charge in [-0.2, -0.15) is 0 Å². The summed E-state index contributed by atoms with van der Waals surface area (Å²) in [5, 5.41) is 0. The fourth-order valence-corrected chi connectivity index (χ4v) is 4.28. The Labute approximate surface area is 138 Å². The average Bonchev–Trinajstić information content (AvgIpc) is 3.06. The zero-order chi connectivity index (χ0) is 16.6. The van der Waals surface area contributed by atoms with E-state index < -0.39 is 0 Å². The van der Waals surface area contributed by atoms with E-state index >= 15 is 0 Å². The van der Waals surface area contributed by atoms with Gasteiger partial charge in [-0.15, -0.1) is 0 Å². The van der Waals surface area contributed by atoms with E-state index in [2.05, 4.69) is 6.92 Å². The van der Waals surface area contributed by atoms with Gasteiger partial charge in [0.1, 0.15) is 0 Å². The number of hydrogen-bond acceptors (Lipinski definition) is 3.